The monoisotopic (exact) mass is 457 g/mol. The molecule has 0 spiro atoms. The molecule has 0 heterocycles. The molecule has 0 saturated heterocycles. The van der Waals surface area contributed by atoms with E-state index in [-0.39, 0.29) is 30.4 Å². The van der Waals surface area contributed by atoms with Crippen molar-refractivity contribution >= 4 is 18.0 Å². The molecule has 2 N–H and O–H groups in total. The molecule has 0 saturated carbocycles. The summed E-state index contributed by atoms with van der Waals surface area (Å²) in [6, 6.07) is 14.3. The molecular weight excluding hydrogens is 430 g/mol. The van der Waals surface area contributed by atoms with Crippen LogP contribution in [0.3, 0.4) is 0 Å². The number of carbonyl (C=O) groups is 3. The van der Waals surface area contributed by atoms with E-state index in [0.29, 0.717) is 11.1 Å². The summed E-state index contributed by atoms with van der Waals surface area (Å²) in [7, 11) is 0. The van der Waals surface area contributed by atoms with Crippen LogP contribution in [0.25, 0.3) is 0 Å². The molecule has 2 amide bonds. The number of nitrogens with one attached hydrogen (secondary N) is 1. The van der Waals surface area contributed by atoms with Crippen molar-refractivity contribution in [2.75, 3.05) is 0 Å². The summed E-state index contributed by atoms with van der Waals surface area (Å²) in [6.07, 6.45) is -1.39. The Morgan fingerprint density at radius 3 is 2.06 bits per heavy atom. The number of amides is 2. The third-order valence-electron chi connectivity index (χ3n) is 4.76. The average molecular weight is 457 g/mol. The van der Waals surface area contributed by atoms with E-state index in [0.717, 1.165) is 0 Å². The summed E-state index contributed by atoms with van der Waals surface area (Å²) in [5, 5.41) is 22.7. The van der Waals surface area contributed by atoms with Gasteiger partial charge in [0.25, 0.3) is 0 Å². The number of ether oxygens (including phenoxy) is 1. The second-order valence-corrected chi connectivity index (χ2v) is 7.86. The van der Waals surface area contributed by atoms with Gasteiger partial charge in [0.1, 0.15) is 12.6 Å². The number of nitrogens with zero attached hydrogens (tertiary/aromatic N) is 2. The number of carboxylic acids is 1. The smallest absolute Gasteiger partial charge is 0.469 e. The van der Waals surface area contributed by atoms with E-state index in [1.807, 2.05) is 0 Å². The first kappa shape index (κ1) is 25.3. The molecule has 10 nitrogen and oxygen atoms in total. The van der Waals surface area contributed by atoms with Crippen LogP contribution in [-0.2, 0) is 27.4 Å². The van der Waals surface area contributed by atoms with E-state index in [2.05, 4.69) is 5.32 Å². The van der Waals surface area contributed by atoms with E-state index in [1.165, 1.54) is 0 Å². The number of benzene rings is 2. The third kappa shape index (κ3) is 7.91. The number of aliphatic carboxylic acids is 1. The Hall–Kier alpha value is -3.95. The fraction of sp³-hybridized carbons (Fsp3) is 0.348. The molecule has 176 valence electrons. The largest absolute Gasteiger partial charge is 0.480 e. The van der Waals surface area contributed by atoms with Crippen LogP contribution < -0.4 is 5.32 Å². The normalized spacial score (nSPS) is 12.5. The number of hydrazine groups is 1. The zero-order valence-electron chi connectivity index (χ0n) is 18.4. The van der Waals surface area contributed by atoms with Gasteiger partial charge in [0.05, 0.1) is 0 Å². The van der Waals surface area contributed by atoms with Crippen molar-refractivity contribution in [1.82, 2.24) is 10.3 Å². The Bertz CT molecular complexity index is 951. The van der Waals surface area contributed by atoms with Crippen molar-refractivity contribution in [3.63, 3.8) is 0 Å². The Balaban J connectivity index is 2.20. The summed E-state index contributed by atoms with van der Waals surface area (Å²) >= 11 is 0. The lowest BCUT2D eigenvalue weighted by Crippen LogP contribution is -2.56. The van der Waals surface area contributed by atoms with E-state index in [9.17, 15) is 29.6 Å². The highest BCUT2D eigenvalue weighted by Gasteiger charge is 2.41. The second-order valence-electron chi connectivity index (χ2n) is 7.86. The predicted octanol–water partition coefficient (Wildman–Crippen LogP) is 3.04. The molecule has 0 unspecified atom stereocenters. The first-order chi connectivity index (χ1) is 15.7. The SMILES string of the molecule is CC(C)C[C@@H](C(=O)N[C@@H](Cc1ccccc1)C(=O)O)N(C(=O)OCc1ccccc1)[N+](=O)[O-]. The van der Waals surface area contributed by atoms with Crippen LogP contribution in [-0.4, -0.2) is 45.2 Å². The van der Waals surface area contributed by atoms with Gasteiger partial charge in [0.2, 0.25) is 5.91 Å². The van der Waals surface area contributed by atoms with Gasteiger partial charge in [-0.2, -0.15) is 0 Å². The first-order valence-electron chi connectivity index (χ1n) is 10.4. The van der Waals surface area contributed by atoms with Gasteiger partial charge >= 0.3 is 12.1 Å². The molecule has 0 aliphatic carbocycles. The topological polar surface area (TPSA) is 139 Å². The highest BCUT2D eigenvalue weighted by atomic mass is 16.7. The Morgan fingerprint density at radius 1 is 1.03 bits per heavy atom. The number of hydrogen-bond acceptors (Lipinski definition) is 6. The molecule has 0 bridgehead atoms. The van der Waals surface area contributed by atoms with Crippen LogP contribution >= 0.6 is 0 Å². The maximum absolute atomic E-state index is 13.0. The molecule has 0 radical (unpaired) electrons. The quantitative estimate of drug-likeness (QED) is 0.390. The summed E-state index contributed by atoms with van der Waals surface area (Å²) in [5.74, 6) is -2.45. The van der Waals surface area contributed by atoms with Crippen molar-refractivity contribution in [2.24, 2.45) is 5.92 Å². The minimum Gasteiger partial charge on any atom is -0.480 e. The van der Waals surface area contributed by atoms with Gasteiger partial charge in [0, 0.05) is 6.42 Å². The molecule has 0 aromatic heterocycles. The number of rotatable bonds is 11. The van der Waals surface area contributed by atoms with Crippen LogP contribution in [0.5, 0.6) is 0 Å². The van der Waals surface area contributed by atoms with Crippen molar-refractivity contribution in [1.29, 1.82) is 0 Å². The van der Waals surface area contributed by atoms with Crippen LogP contribution in [0, 0.1) is 16.0 Å². The number of carboxylic acid groups (broad SMARTS) is 1. The van der Waals surface area contributed by atoms with E-state index in [1.54, 1.807) is 74.5 Å². The van der Waals surface area contributed by atoms with Gasteiger partial charge < -0.3 is 15.2 Å². The standard InChI is InChI=1S/C23H27N3O7/c1-16(2)13-20(21(27)24-19(22(28)29)14-17-9-5-3-6-10-17)25(26(31)32)23(30)33-15-18-11-7-4-8-12-18/h3-12,16,19-20H,13-15H2,1-2H3,(H,24,27)(H,28,29)/t19-,20-/m0/s1. The van der Waals surface area contributed by atoms with Gasteiger partial charge in [-0.1, -0.05) is 74.5 Å². The van der Waals surface area contributed by atoms with Crippen molar-refractivity contribution in [3.8, 4) is 0 Å². The van der Waals surface area contributed by atoms with Gasteiger partial charge in [0.15, 0.2) is 11.1 Å². The zero-order valence-corrected chi connectivity index (χ0v) is 18.4. The van der Waals surface area contributed by atoms with Gasteiger partial charge in [-0.05, 0) is 28.5 Å². The molecule has 0 aliphatic heterocycles. The maximum atomic E-state index is 13.0. The molecule has 0 aliphatic rings. The molecule has 2 rings (SSSR count). The fourth-order valence-corrected chi connectivity index (χ4v) is 3.18. The summed E-state index contributed by atoms with van der Waals surface area (Å²) in [5.41, 5.74) is 1.28. The number of hydrogen-bond donors (Lipinski definition) is 2. The Morgan fingerprint density at radius 2 is 1.58 bits per heavy atom. The molecule has 10 heteroatoms. The highest BCUT2D eigenvalue weighted by Crippen LogP contribution is 2.16. The molecule has 2 aromatic carbocycles. The average Bonchev–Trinajstić information content (AvgIpc) is 2.77. The Labute approximate surface area is 191 Å². The molecule has 33 heavy (non-hydrogen) atoms. The minimum absolute atomic E-state index is 0.0206. The Kier molecular flexibility index (Phi) is 9.34. The van der Waals surface area contributed by atoms with Crippen LogP contribution in [0.2, 0.25) is 0 Å². The third-order valence-corrected chi connectivity index (χ3v) is 4.76. The molecular formula is C23H27N3O7. The van der Waals surface area contributed by atoms with Crippen molar-refractivity contribution in [2.45, 2.75) is 45.4 Å². The molecule has 2 atom stereocenters. The van der Waals surface area contributed by atoms with Crippen LogP contribution in [0.1, 0.15) is 31.4 Å². The second kappa shape index (κ2) is 12.2. The number of carbonyl (C=O) groups excluding carboxylic acids is 2. The van der Waals surface area contributed by atoms with Crippen LogP contribution in [0.4, 0.5) is 4.79 Å². The van der Waals surface area contributed by atoms with Gasteiger partial charge in [-0.25, -0.2) is 19.7 Å². The van der Waals surface area contributed by atoms with Gasteiger partial charge in [-0.3, -0.25) is 4.79 Å². The zero-order chi connectivity index (χ0) is 24.4. The lowest BCUT2D eigenvalue weighted by atomic mass is 10.0. The van der Waals surface area contributed by atoms with Crippen molar-refractivity contribution in [3.05, 3.63) is 81.9 Å². The summed E-state index contributed by atoms with van der Waals surface area (Å²) in [4.78, 5) is 49.0. The van der Waals surface area contributed by atoms with E-state index >= 15 is 0 Å². The predicted molar refractivity (Wildman–Crippen MR) is 118 cm³/mol. The first-order valence-corrected chi connectivity index (χ1v) is 10.4. The summed E-state index contributed by atoms with van der Waals surface area (Å²) in [6.45, 7) is 3.24. The number of nitro groups is 1. The molecule has 2 aromatic rings. The minimum atomic E-state index is -1.55. The lowest BCUT2D eigenvalue weighted by molar-refractivity contribution is -0.641. The highest BCUT2D eigenvalue weighted by molar-refractivity contribution is 5.89. The molecule has 0 fully saturated rings. The van der Waals surface area contributed by atoms with Gasteiger partial charge in [-0.15, -0.1) is 0 Å². The van der Waals surface area contributed by atoms with Crippen LogP contribution in [0.15, 0.2) is 60.7 Å². The summed E-state index contributed by atoms with van der Waals surface area (Å²) < 4.78 is 5.06. The maximum Gasteiger partial charge on any atom is 0.469 e. The van der Waals surface area contributed by atoms with Crippen molar-refractivity contribution < 1.29 is 29.3 Å². The van der Waals surface area contributed by atoms with E-state index in [4.69, 9.17) is 4.74 Å². The fourth-order valence-electron chi connectivity index (χ4n) is 3.18. The van der Waals surface area contributed by atoms with E-state index < -0.39 is 35.1 Å². The lowest BCUT2D eigenvalue weighted by Gasteiger charge is -2.25.